The minimum absolute atomic E-state index is 0.172. The molecule has 196 valence electrons. The summed E-state index contributed by atoms with van der Waals surface area (Å²) in [6.45, 7) is 2.64. The summed E-state index contributed by atoms with van der Waals surface area (Å²) in [7, 11) is 0. The van der Waals surface area contributed by atoms with Crippen molar-refractivity contribution in [3.63, 3.8) is 0 Å². The number of hydrogen-bond donors (Lipinski definition) is 1. The normalized spacial score (nSPS) is 10.8. The molecule has 0 bridgehead atoms. The van der Waals surface area contributed by atoms with Crippen molar-refractivity contribution in [1.82, 2.24) is 9.97 Å². The summed E-state index contributed by atoms with van der Waals surface area (Å²) >= 11 is 0. The maximum atomic E-state index is 12.1. The maximum Gasteiger partial charge on any atom is 0.306 e. The Kier molecular flexibility index (Phi) is 8.49. The number of rotatable bonds is 11. The molecule has 0 aliphatic carbocycles. The van der Waals surface area contributed by atoms with E-state index in [1.165, 1.54) is 0 Å². The maximum absolute atomic E-state index is 12.1. The fourth-order valence-electron chi connectivity index (χ4n) is 4.65. The summed E-state index contributed by atoms with van der Waals surface area (Å²) in [5.74, 6) is 0.626. The van der Waals surface area contributed by atoms with Crippen LogP contribution in [0.4, 0.5) is 0 Å². The van der Waals surface area contributed by atoms with E-state index in [0.717, 1.165) is 56.9 Å². The number of pyridine rings is 1. The molecule has 0 unspecified atom stereocenters. The van der Waals surface area contributed by atoms with E-state index in [4.69, 9.17) is 9.47 Å². The van der Waals surface area contributed by atoms with Crippen LogP contribution in [0.15, 0.2) is 109 Å². The second-order valence-electron chi connectivity index (χ2n) is 9.34. The van der Waals surface area contributed by atoms with Crippen LogP contribution in [0.5, 0.6) is 5.75 Å². The van der Waals surface area contributed by atoms with E-state index in [-0.39, 0.29) is 5.97 Å². The summed E-state index contributed by atoms with van der Waals surface area (Å²) in [5.41, 5.74) is 8.79. The first-order valence-electron chi connectivity index (χ1n) is 13.3. The Bertz CT molecular complexity index is 1480. The van der Waals surface area contributed by atoms with Crippen LogP contribution in [-0.2, 0) is 29.0 Å². The fraction of sp³-hybridized carbons (Fsp3) is 0.176. The van der Waals surface area contributed by atoms with Crippen LogP contribution < -0.4 is 4.74 Å². The molecule has 5 nitrogen and oxygen atoms in total. The van der Waals surface area contributed by atoms with Gasteiger partial charge in [-0.1, -0.05) is 78.9 Å². The Morgan fingerprint density at radius 3 is 2.21 bits per heavy atom. The van der Waals surface area contributed by atoms with E-state index in [1.54, 1.807) is 0 Å². The lowest BCUT2D eigenvalue weighted by atomic mass is 9.96. The number of nitrogens with one attached hydrogen (secondary N) is 1. The molecular formula is C34H32N2O3. The molecule has 0 fully saturated rings. The van der Waals surface area contributed by atoms with Gasteiger partial charge in [-0.2, -0.15) is 0 Å². The van der Waals surface area contributed by atoms with Crippen LogP contribution in [0.2, 0.25) is 0 Å². The lowest BCUT2D eigenvalue weighted by Crippen LogP contribution is -2.06. The molecular weight excluding hydrogens is 484 g/mol. The molecule has 0 spiro atoms. The smallest absolute Gasteiger partial charge is 0.306 e. The zero-order valence-corrected chi connectivity index (χ0v) is 22.1. The molecule has 0 atom stereocenters. The van der Waals surface area contributed by atoms with Gasteiger partial charge in [0.15, 0.2) is 0 Å². The molecule has 5 heteroatoms. The van der Waals surface area contributed by atoms with Crippen LogP contribution in [0.1, 0.15) is 35.9 Å². The number of hydrogen-bond acceptors (Lipinski definition) is 4. The number of aromatic amines is 1. The Labute approximate surface area is 229 Å². The lowest BCUT2D eigenvalue weighted by molar-refractivity contribution is -0.143. The van der Waals surface area contributed by atoms with E-state index >= 15 is 0 Å². The first-order chi connectivity index (χ1) is 19.2. The highest BCUT2D eigenvalue weighted by Gasteiger charge is 2.15. The number of nitrogens with zero attached hydrogens (tertiary/aromatic N) is 1. The van der Waals surface area contributed by atoms with Crippen LogP contribution in [0, 0.1) is 0 Å². The molecule has 5 rings (SSSR count). The van der Waals surface area contributed by atoms with Crippen molar-refractivity contribution in [3.8, 4) is 28.0 Å². The van der Waals surface area contributed by atoms with Crippen molar-refractivity contribution in [3.05, 3.63) is 132 Å². The van der Waals surface area contributed by atoms with Crippen molar-refractivity contribution >= 4 is 5.97 Å². The topological polar surface area (TPSA) is 64.2 Å². The molecule has 5 aromatic rings. The summed E-state index contributed by atoms with van der Waals surface area (Å²) < 4.78 is 11.2. The third kappa shape index (κ3) is 6.82. The van der Waals surface area contributed by atoms with Crippen molar-refractivity contribution in [2.75, 3.05) is 6.61 Å². The Morgan fingerprint density at radius 2 is 1.54 bits per heavy atom. The number of esters is 1. The molecule has 0 aliphatic rings. The van der Waals surface area contributed by atoms with Crippen molar-refractivity contribution in [2.45, 2.75) is 32.8 Å². The minimum atomic E-state index is -0.172. The Balaban J connectivity index is 1.24. The van der Waals surface area contributed by atoms with Crippen LogP contribution in [-0.4, -0.2) is 22.5 Å². The minimum Gasteiger partial charge on any atom is -0.487 e. The number of benzene rings is 3. The van der Waals surface area contributed by atoms with Gasteiger partial charge in [-0.05, 0) is 53.8 Å². The number of carbonyl (C=O) groups excluding carboxylic acids is 1. The summed E-state index contributed by atoms with van der Waals surface area (Å²) in [4.78, 5) is 20.1. The van der Waals surface area contributed by atoms with Gasteiger partial charge in [0, 0.05) is 42.1 Å². The third-order valence-electron chi connectivity index (χ3n) is 6.67. The SMILES string of the molecule is CCOC(=O)CCc1c(-c2ccccc2)c[nH]c1Cc1ccc(OCc2ccc(-c3ccccc3)cn2)cc1. The molecule has 0 radical (unpaired) electrons. The van der Waals surface area contributed by atoms with E-state index in [0.29, 0.717) is 26.1 Å². The van der Waals surface area contributed by atoms with Crippen molar-refractivity contribution in [1.29, 1.82) is 0 Å². The molecule has 0 aliphatic heterocycles. The van der Waals surface area contributed by atoms with Gasteiger partial charge < -0.3 is 14.5 Å². The second-order valence-corrected chi connectivity index (χ2v) is 9.34. The molecule has 0 saturated carbocycles. The zero-order valence-electron chi connectivity index (χ0n) is 22.1. The molecule has 3 aromatic carbocycles. The van der Waals surface area contributed by atoms with E-state index < -0.39 is 0 Å². The van der Waals surface area contributed by atoms with Gasteiger partial charge in [0.25, 0.3) is 0 Å². The highest BCUT2D eigenvalue weighted by Crippen LogP contribution is 2.29. The second kappa shape index (κ2) is 12.7. The summed E-state index contributed by atoms with van der Waals surface area (Å²) in [6, 6.07) is 32.7. The average Bonchev–Trinajstić information content (AvgIpc) is 3.39. The highest BCUT2D eigenvalue weighted by molar-refractivity contribution is 5.72. The van der Waals surface area contributed by atoms with Gasteiger partial charge in [-0.3, -0.25) is 9.78 Å². The predicted molar refractivity (Wildman–Crippen MR) is 154 cm³/mol. The van der Waals surface area contributed by atoms with Crippen LogP contribution >= 0.6 is 0 Å². The predicted octanol–water partition coefficient (Wildman–Crippen LogP) is 7.41. The first-order valence-corrected chi connectivity index (χ1v) is 13.3. The van der Waals surface area contributed by atoms with Gasteiger partial charge in [0.2, 0.25) is 0 Å². The standard InChI is InChI=1S/C34H32N2O3/c1-2-38-34(37)20-19-31-32(27-11-7-4-8-12-27)23-36-33(31)21-25-13-17-30(18-14-25)39-24-29-16-15-28(22-35-29)26-9-5-3-6-10-26/h3-18,22-23,36H,2,19-21,24H2,1H3. The Morgan fingerprint density at radius 1 is 0.821 bits per heavy atom. The van der Waals surface area contributed by atoms with Crippen molar-refractivity contribution in [2.24, 2.45) is 0 Å². The lowest BCUT2D eigenvalue weighted by Gasteiger charge is -2.10. The monoisotopic (exact) mass is 516 g/mol. The summed E-state index contributed by atoms with van der Waals surface area (Å²) in [5, 5.41) is 0. The van der Waals surface area contributed by atoms with E-state index in [1.807, 2.05) is 73.9 Å². The number of carbonyl (C=O) groups is 1. The van der Waals surface area contributed by atoms with Crippen LogP contribution in [0.3, 0.4) is 0 Å². The quantitative estimate of drug-likeness (QED) is 0.186. The third-order valence-corrected chi connectivity index (χ3v) is 6.67. The fourth-order valence-corrected chi connectivity index (χ4v) is 4.65. The van der Waals surface area contributed by atoms with Gasteiger partial charge in [0.1, 0.15) is 12.4 Å². The number of ether oxygens (including phenoxy) is 2. The molecule has 0 saturated heterocycles. The Hall–Kier alpha value is -4.64. The van der Waals surface area contributed by atoms with Gasteiger partial charge in [0.05, 0.1) is 12.3 Å². The average molecular weight is 517 g/mol. The van der Waals surface area contributed by atoms with E-state index in [2.05, 4.69) is 52.4 Å². The van der Waals surface area contributed by atoms with Gasteiger partial charge >= 0.3 is 5.97 Å². The molecule has 2 heterocycles. The van der Waals surface area contributed by atoms with Gasteiger partial charge in [-0.15, -0.1) is 0 Å². The largest absolute Gasteiger partial charge is 0.487 e. The number of H-pyrrole nitrogens is 1. The molecule has 2 aromatic heterocycles. The van der Waals surface area contributed by atoms with Crippen LogP contribution in [0.25, 0.3) is 22.3 Å². The van der Waals surface area contributed by atoms with Gasteiger partial charge in [-0.25, -0.2) is 0 Å². The zero-order chi connectivity index (χ0) is 26.9. The molecule has 39 heavy (non-hydrogen) atoms. The molecule has 0 amide bonds. The number of aromatic nitrogens is 2. The van der Waals surface area contributed by atoms with Crippen molar-refractivity contribution < 1.29 is 14.3 Å². The summed E-state index contributed by atoms with van der Waals surface area (Å²) in [6.07, 6.45) is 5.63. The molecule has 1 N–H and O–H groups in total. The highest BCUT2D eigenvalue weighted by atomic mass is 16.5. The first kappa shape index (κ1) is 26.0. The van der Waals surface area contributed by atoms with E-state index in [9.17, 15) is 4.79 Å².